The highest BCUT2D eigenvalue weighted by atomic mass is 16.2. The molecule has 0 aromatic carbocycles. The summed E-state index contributed by atoms with van der Waals surface area (Å²) in [5.74, 6) is -0.321. The summed E-state index contributed by atoms with van der Waals surface area (Å²) in [7, 11) is 0. The molecule has 1 aromatic heterocycles. The fourth-order valence-corrected chi connectivity index (χ4v) is 2.79. The zero-order valence-corrected chi connectivity index (χ0v) is 9.94. The third-order valence-corrected chi connectivity index (χ3v) is 3.69. The maximum absolute atomic E-state index is 11.8. The second kappa shape index (κ2) is 4.08. The highest BCUT2D eigenvalue weighted by molar-refractivity contribution is 6.00. The molecule has 1 aliphatic carbocycles. The smallest absolute Gasteiger partial charge is 0.249 e. The molecule has 1 N–H and O–H groups in total. The van der Waals surface area contributed by atoms with Crippen LogP contribution >= 0.6 is 0 Å². The van der Waals surface area contributed by atoms with Crippen LogP contribution in [0.4, 0.5) is 0 Å². The molecule has 2 heterocycles. The summed E-state index contributed by atoms with van der Waals surface area (Å²) in [6.07, 6.45) is 4.92. The van der Waals surface area contributed by atoms with Gasteiger partial charge in [-0.2, -0.15) is 0 Å². The first kappa shape index (κ1) is 11.2. The highest BCUT2D eigenvalue weighted by Crippen LogP contribution is 2.28. The number of piperidine rings is 1. The Morgan fingerprint density at radius 1 is 1.17 bits per heavy atom. The molecule has 94 valence electrons. The van der Waals surface area contributed by atoms with Crippen molar-refractivity contribution in [2.75, 3.05) is 0 Å². The van der Waals surface area contributed by atoms with Gasteiger partial charge in [-0.3, -0.25) is 19.7 Å². The van der Waals surface area contributed by atoms with Crippen molar-refractivity contribution in [1.29, 1.82) is 0 Å². The van der Waals surface area contributed by atoms with Gasteiger partial charge in [0.2, 0.25) is 11.8 Å². The summed E-state index contributed by atoms with van der Waals surface area (Å²) in [6.45, 7) is 0. The molecule has 1 saturated heterocycles. The van der Waals surface area contributed by atoms with E-state index in [0.717, 1.165) is 24.1 Å². The van der Waals surface area contributed by atoms with Crippen LogP contribution in [0.2, 0.25) is 0 Å². The Labute approximate surface area is 104 Å². The second-order valence-corrected chi connectivity index (χ2v) is 4.83. The van der Waals surface area contributed by atoms with Crippen LogP contribution in [0.3, 0.4) is 0 Å². The van der Waals surface area contributed by atoms with Crippen molar-refractivity contribution < 1.29 is 14.4 Å². The van der Waals surface area contributed by atoms with Crippen molar-refractivity contribution >= 4 is 17.6 Å². The van der Waals surface area contributed by atoms with E-state index in [1.165, 1.54) is 0 Å². The Bertz CT molecular complexity index is 544. The van der Waals surface area contributed by atoms with Gasteiger partial charge in [-0.1, -0.05) is 0 Å². The summed E-state index contributed by atoms with van der Waals surface area (Å²) in [4.78, 5) is 34.7. The summed E-state index contributed by atoms with van der Waals surface area (Å²) >= 11 is 0. The van der Waals surface area contributed by atoms with Gasteiger partial charge in [0.1, 0.15) is 6.04 Å². The van der Waals surface area contributed by atoms with Gasteiger partial charge >= 0.3 is 0 Å². The number of rotatable bonds is 1. The Morgan fingerprint density at radius 2 is 2.00 bits per heavy atom. The molecule has 1 aliphatic heterocycles. The average Bonchev–Trinajstić information content (AvgIpc) is 2.74. The number of amides is 2. The van der Waals surface area contributed by atoms with Gasteiger partial charge in [0.15, 0.2) is 5.78 Å². The molecule has 5 heteroatoms. The van der Waals surface area contributed by atoms with E-state index in [9.17, 15) is 14.4 Å². The fraction of sp³-hybridized carbons (Fsp3) is 0.462. The molecule has 0 saturated carbocycles. The lowest BCUT2D eigenvalue weighted by Gasteiger charge is -2.25. The maximum Gasteiger partial charge on any atom is 0.249 e. The van der Waals surface area contributed by atoms with Crippen LogP contribution in [-0.4, -0.2) is 22.2 Å². The van der Waals surface area contributed by atoms with E-state index in [4.69, 9.17) is 0 Å². The lowest BCUT2D eigenvalue weighted by Crippen LogP contribution is -2.42. The SMILES string of the molecule is O=C1CCC(n2ccc3c2CCCC3=O)C(=O)N1. The fourth-order valence-electron chi connectivity index (χ4n) is 2.79. The second-order valence-electron chi connectivity index (χ2n) is 4.83. The number of hydrogen-bond acceptors (Lipinski definition) is 3. The minimum absolute atomic E-state index is 0.155. The number of aromatic nitrogens is 1. The van der Waals surface area contributed by atoms with E-state index < -0.39 is 0 Å². The number of Topliss-reactive ketones (excluding diaryl/α,β-unsaturated/α-hetero) is 1. The van der Waals surface area contributed by atoms with Crippen molar-refractivity contribution in [3.05, 3.63) is 23.5 Å². The standard InChI is InChI=1S/C13H14N2O3/c16-11-3-1-2-9-8(11)6-7-15(9)10-4-5-12(17)14-13(10)18/h6-7,10H,1-5H2,(H,14,17,18). The Morgan fingerprint density at radius 3 is 2.78 bits per heavy atom. The normalized spacial score (nSPS) is 23.8. The van der Waals surface area contributed by atoms with Crippen molar-refractivity contribution in [3.63, 3.8) is 0 Å². The van der Waals surface area contributed by atoms with Gasteiger partial charge in [-0.05, 0) is 25.3 Å². The lowest BCUT2D eigenvalue weighted by molar-refractivity contribution is -0.135. The van der Waals surface area contributed by atoms with E-state index in [2.05, 4.69) is 5.32 Å². The molecule has 18 heavy (non-hydrogen) atoms. The first-order valence-corrected chi connectivity index (χ1v) is 6.23. The minimum atomic E-state index is -0.350. The van der Waals surface area contributed by atoms with Crippen LogP contribution in [0, 0.1) is 0 Å². The lowest BCUT2D eigenvalue weighted by atomic mass is 9.96. The minimum Gasteiger partial charge on any atom is -0.338 e. The quantitative estimate of drug-likeness (QED) is 0.751. The summed E-state index contributed by atoms with van der Waals surface area (Å²) < 4.78 is 1.87. The van der Waals surface area contributed by atoms with E-state index in [1.807, 2.05) is 4.57 Å². The topological polar surface area (TPSA) is 68.2 Å². The van der Waals surface area contributed by atoms with Gasteiger partial charge in [-0.25, -0.2) is 0 Å². The summed E-state index contributed by atoms with van der Waals surface area (Å²) in [5, 5.41) is 2.35. The number of nitrogens with one attached hydrogen (secondary N) is 1. The predicted molar refractivity (Wildman–Crippen MR) is 63.1 cm³/mol. The number of fused-ring (bicyclic) bond motifs is 1. The zero-order valence-electron chi connectivity index (χ0n) is 9.94. The molecule has 2 amide bonds. The molecule has 1 unspecified atom stereocenters. The third-order valence-electron chi connectivity index (χ3n) is 3.69. The van der Waals surface area contributed by atoms with Gasteiger partial charge < -0.3 is 4.57 Å². The van der Waals surface area contributed by atoms with Crippen LogP contribution in [0.25, 0.3) is 0 Å². The number of hydrogen-bond donors (Lipinski definition) is 1. The molecule has 0 spiro atoms. The van der Waals surface area contributed by atoms with Gasteiger partial charge in [0.05, 0.1) is 0 Å². The third kappa shape index (κ3) is 1.66. The summed E-state index contributed by atoms with van der Waals surface area (Å²) in [5.41, 5.74) is 1.69. The van der Waals surface area contributed by atoms with Gasteiger partial charge in [-0.15, -0.1) is 0 Å². The molecule has 2 aliphatic rings. The molecule has 5 nitrogen and oxygen atoms in total. The molecule has 0 bridgehead atoms. The van der Waals surface area contributed by atoms with E-state index in [-0.39, 0.29) is 23.6 Å². The number of carbonyl (C=O) groups excluding carboxylic acids is 3. The van der Waals surface area contributed by atoms with Gasteiger partial charge in [0, 0.05) is 30.3 Å². The molecule has 3 rings (SSSR count). The number of ketones is 1. The van der Waals surface area contributed by atoms with Crippen LogP contribution in [0.15, 0.2) is 12.3 Å². The van der Waals surface area contributed by atoms with E-state index >= 15 is 0 Å². The average molecular weight is 246 g/mol. The van der Waals surface area contributed by atoms with E-state index in [0.29, 0.717) is 19.3 Å². The Hall–Kier alpha value is -1.91. The van der Waals surface area contributed by atoms with Crippen molar-refractivity contribution in [2.24, 2.45) is 0 Å². The number of nitrogens with zero attached hydrogens (tertiary/aromatic N) is 1. The first-order chi connectivity index (χ1) is 8.66. The summed E-state index contributed by atoms with van der Waals surface area (Å²) in [6, 6.07) is 1.44. The monoisotopic (exact) mass is 246 g/mol. The van der Waals surface area contributed by atoms with Crippen LogP contribution < -0.4 is 5.32 Å². The van der Waals surface area contributed by atoms with Crippen molar-refractivity contribution in [3.8, 4) is 0 Å². The molecule has 1 atom stereocenters. The zero-order chi connectivity index (χ0) is 12.7. The van der Waals surface area contributed by atoms with Crippen LogP contribution in [-0.2, 0) is 16.0 Å². The van der Waals surface area contributed by atoms with E-state index in [1.54, 1.807) is 12.3 Å². The van der Waals surface area contributed by atoms with Crippen molar-refractivity contribution in [1.82, 2.24) is 9.88 Å². The molecule has 1 aromatic rings. The number of carbonyl (C=O) groups is 3. The number of imide groups is 1. The Kier molecular flexibility index (Phi) is 2.54. The van der Waals surface area contributed by atoms with Crippen LogP contribution in [0.1, 0.15) is 47.8 Å². The molecular weight excluding hydrogens is 232 g/mol. The van der Waals surface area contributed by atoms with Crippen molar-refractivity contribution in [2.45, 2.75) is 38.1 Å². The highest BCUT2D eigenvalue weighted by Gasteiger charge is 2.31. The maximum atomic E-state index is 11.8. The predicted octanol–water partition coefficient (Wildman–Crippen LogP) is 0.985. The first-order valence-electron chi connectivity index (χ1n) is 6.23. The largest absolute Gasteiger partial charge is 0.338 e. The Balaban J connectivity index is 1.96. The molecule has 1 fully saturated rings. The van der Waals surface area contributed by atoms with Crippen LogP contribution in [0.5, 0.6) is 0 Å². The van der Waals surface area contributed by atoms with Gasteiger partial charge in [0.25, 0.3) is 0 Å². The molecular formula is C13H14N2O3. The molecule has 0 radical (unpaired) electrons.